The average Bonchev–Trinajstić information content (AvgIpc) is 2.40. The summed E-state index contributed by atoms with van der Waals surface area (Å²) in [5.74, 6) is -0.195. The van der Waals surface area contributed by atoms with Gasteiger partial charge in [0.15, 0.2) is 0 Å². The summed E-state index contributed by atoms with van der Waals surface area (Å²) >= 11 is 0. The highest BCUT2D eigenvalue weighted by atomic mass is 35.5. The Morgan fingerprint density at radius 3 is 2.73 bits per heavy atom. The number of piperidine rings is 1. The molecule has 2 N–H and O–H groups in total. The van der Waals surface area contributed by atoms with Gasteiger partial charge >= 0.3 is 0 Å². The van der Waals surface area contributed by atoms with E-state index < -0.39 is 5.41 Å². The number of hydrogen-bond acceptors (Lipinski definition) is 2. The molecule has 2 aliphatic rings. The van der Waals surface area contributed by atoms with E-state index in [0.717, 1.165) is 44.2 Å². The van der Waals surface area contributed by atoms with Crippen LogP contribution in [0.3, 0.4) is 0 Å². The van der Waals surface area contributed by atoms with Crippen LogP contribution in [0.25, 0.3) is 0 Å². The van der Waals surface area contributed by atoms with Gasteiger partial charge in [0.2, 0.25) is 5.91 Å². The minimum Gasteiger partial charge on any atom is -0.351 e. The van der Waals surface area contributed by atoms with Gasteiger partial charge in [0, 0.05) is 12.1 Å². The largest absolute Gasteiger partial charge is 0.351 e. The van der Waals surface area contributed by atoms with E-state index in [0.29, 0.717) is 6.04 Å². The van der Waals surface area contributed by atoms with Crippen molar-refractivity contribution in [3.63, 3.8) is 0 Å². The van der Waals surface area contributed by atoms with Gasteiger partial charge in [-0.3, -0.25) is 4.79 Å². The van der Waals surface area contributed by atoms with Crippen molar-refractivity contribution in [1.82, 2.24) is 10.6 Å². The number of carbonyl (C=O) groups excluding carboxylic acids is 1. The molecule has 1 aliphatic heterocycles. The molecule has 2 unspecified atom stereocenters. The second-order valence-electron chi connectivity index (χ2n) is 6.41. The molecule has 22 heavy (non-hydrogen) atoms. The van der Waals surface area contributed by atoms with Gasteiger partial charge in [0.1, 0.15) is 5.82 Å². The third-order valence-corrected chi connectivity index (χ3v) is 5.10. The molecule has 0 spiro atoms. The van der Waals surface area contributed by atoms with E-state index in [-0.39, 0.29) is 30.2 Å². The minimum absolute atomic E-state index is 0. The molecule has 0 radical (unpaired) electrons. The molecule has 1 saturated carbocycles. The molecular weight excluding hydrogens is 303 g/mol. The van der Waals surface area contributed by atoms with E-state index in [2.05, 4.69) is 17.6 Å². The molecule has 1 heterocycles. The SMILES string of the molecule is CC1NCCCC1NC(=O)C1(c2cccc(F)c2)CCC1.Cl. The summed E-state index contributed by atoms with van der Waals surface area (Å²) in [5.41, 5.74) is 0.307. The van der Waals surface area contributed by atoms with Gasteiger partial charge in [-0.25, -0.2) is 4.39 Å². The molecule has 1 aromatic rings. The number of amides is 1. The van der Waals surface area contributed by atoms with E-state index in [1.807, 2.05) is 6.07 Å². The third-order valence-electron chi connectivity index (χ3n) is 5.10. The molecule has 3 nitrogen and oxygen atoms in total. The number of hydrogen-bond donors (Lipinski definition) is 2. The molecular formula is C17H24ClFN2O. The van der Waals surface area contributed by atoms with Crippen molar-refractivity contribution in [3.05, 3.63) is 35.6 Å². The Kier molecular flexibility index (Phi) is 5.45. The number of nitrogens with one attached hydrogen (secondary N) is 2. The maximum absolute atomic E-state index is 13.5. The Labute approximate surface area is 137 Å². The van der Waals surface area contributed by atoms with Crippen molar-refractivity contribution in [2.24, 2.45) is 0 Å². The molecule has 3 rings (SSSR count). The first-order chi connectivity index (χ1) is 10.1. The van der Waals surface area contributed by atoms with E-state index >= 15 is 0 Å². The standard InChI is InChI=1S/C17H23FN2O.ClH/c1-12-15(7-3-10-19-12)20-16(21)17(8-4-9-17)13-5-2-6-14(18)11-13;/h2,5-6,11-12,15,19H,3-4,7-10H2,1H3,(H,20,21);1H. The van der Waals surface area contributed by atoms with E-state index in [1.165, 1.54) is 12.1 Å². The van der Waals surface area contributed by atoms with E-state index in [4.69, 9.17) is 0 Å². The van der Waals surface area contributed by atoms with Crippen molar-refractivity contribution in [2.45, 2.75) is 56.5 Å². The molecule has 2 atom stereocenters. The van der Waals surface area contributed by atoms with Crippen LogP contribution >= 0.6 is 12.4 Å². The van der Waals surface area contributed by atoms with Gasteiger partial charge in [-0.15, -0.1) is 12.4 Å². The lowest BCUT2D eigenvalue weighted by atomic mass is 9.63. The van der Waals surface area contributed by atoms with Crippen LogP contribution in [-0.4, -0.2) is 24.5 Å². The predicted molar refractivity (Wildman–Crippen MR) is 87.8 cm³/mol. The van der Waals surface area contributed by atoms with Gasteiger partial charge in [0.25, 0.3) is 0 Å². The van der Waals surface area contributed by atoms with Crippen LogP contribution in [-0.2, 0) is 10.2 Å². The Morgan fingerprint density at radius 2 is 2.14 bits per heavy atom. The normalized spacial score (nSPS) is 26.5. The molecule has 1 aromatic carbocycles. The highest BCUT2D eigenvalue weighted by Crippen LogP contribution is 2.44. The van der Waals surface area contributed by atoms with Crippen LogP contribution in [0.5, 0.6) is 0 Å². The fourth-order valence-electron chi connectivity index (χ4n) is 3.51. The monoisotopic (exact) mass is 326 g/mol. The van der Waals surface area contributed by atoms with Gasteiger partial charge in [0.05, 0.1) is 5.41 Å². The first-order valence-corrected chi connectivity index (χ1v) is 7.92. The Hall–Kier alpha value is -1.13. The van der Waals surface area contributed by atoms with Gasteiger partial charge in [-0.2, -0.15) is 0 Å². The second-order valence-corrected chi connectivity index (χ2v) is 6.41. The summed E-state index contributed by atoms with van der Waals surface area (Å²) in [5, 5.41) is 6.60. The molecule has 5 heteroatoms. The summed E-state index contributed by atoms with van der Waals surface area (Å²) in [6.45, 7) is 3.13. The number of rotatable bonds is 3. The highest BCUT2D eigenvalue weighted by Gasteiger charge is 2.46. The van der Waals surface area contributed by atoms with Crippen molar-refractivity contribution in [2.75, 3.05) is 6.54 Å². The lowest BCUT2D eigenvalue weighted by molar-refractivity contribution is -0.131. The Morgan fingerprint density at radius 1 is 1.36 bits per heavy atom. The highest BCUT2D eigenvalue weighted by molar-refractivity contribution is 5.89. The zero-order valence-electron chi connectivity index (χ0n) is 12.9. The van der Waals surface area contributed by atoms with Crippen molar-refractivity contribution < 1.29 is 9.18 Å². The van der Waals surface area contributed by atoms with Crippen LogP contribution in [0.2, 0.25) is 0 Å². The fraction of sp³-hybridized carbons (Fsp3) is 0.588. The first-order valence-electron chi connectivity index (χ1n) is 7.92. The molecule has 1 amide bonds. The Balaban J connectivity index is 0.00000176. The Bertz CT molecular complexity index is 533. The summed E-state index contributed by atoms with van der Waals surface area (Å²) < 4.78 is 13.5. The topological polar surface area (TPSA) is 41.1 Å². The number of halogens is 2. The summed E-state index contributed by atoms with van der Waals surface area (Å²) in [7, 11) is 0. The van der Waals surface area contributed by atoms with Crippen LogP contribution in [0.1, 0.15) is 44.6 Å². The molecule has 0 bridgehead atoms. The average molecular weight is 327 g/mol. The van der Waals surface area contributed by atoms with Gasteiger partial charge in [-0.05, 0) is 56.8 Å². The molecule has 0 aromatic heterocycles. The maximum Gasteiger partial charge on any atom is 0.230 e. The van der Waals surface area contributed by atoms with Gasteiger partial charge < -0.3 is 10.6 Å². The van der Waals surface area contributed by atoms with Crippen molar-refractivity contribution in [1.29, 1.82) is 0 Å². The molecule has 2 fully saturated rings. The predicted octanol–water partition coefficient (Wildman–Crippen LogP) is 2.93. The number of benzene rings is 1. The third kappa shape index (κ3) is 3.13. The van der Waals surface area contributed by atoms with Crippen molar-refractivity contribution in [3.8, 4) is 0 Å². The summed E-state index contributed by atoms with van der Waals surface area (Å²) in [6.07, 6.45) is 4.76. The molecule has 1 saturated heterocycles. The minimum atomic E-state index is -0.515. The van der Waals surface area contributed by atoms with Crippen molar-refractivity contribution >= 4 is 18.3 Å². The zero-order chi connectivity index (χ0) is 14.9. The summed E-state index contributed by atoms with van der Waals surface area (Å²) in [6, 6.07) is 7.00. The number of carbonyl (C=O) groups is 1. The molecule has 122 valence electrons. The second kappa shape index (κ2) is 6.97. The van der Waals surface area contributed by atoms with Crippen LogP contribution < -0.4 is 10.6 Å². The smallest absolute Gasteiger partial charge is 0.230 e. The van der Waals surface area contributed by atoms with Crippen LogP contribution in [0.4, 0.5) is 4.39 Å². The van der Waals surface area contributed by atoms with Crippen LogP contribution in [0, 0.1) is 5.82 Å². The van der Waals surface area contributed by atoms with E-state index in [1.54, 1.807) is 6.07 Å². The molecule has 1 aliphatic carbocycles. The van der Waals surface area contributed by atoms with E-state index in [9.17, 15) is 9.18 Å². The quantitative estimate of drug-likeness (QED) is 0.896. The first kappa shape index (κ1) is 17.2. The van der Waals surface area contributed by atoms with Gasteiger partial charge in [-0.1, -0.05) is 18.6 Å². The maximum atomic E-state index is 13.5. The lowest BCUT2D eigenvalue weighted by Crippen LogP contribution is -2.58. The van der Waals surface area contributed by atoms with Crippen LogP contribution in [0.15, 0.2) is 24.3 Å². The summed E-state index contributed by atoms with van der Waals surface area (Å²) in [4.78, 5) is 12.8. The fourth-order valence-corrected chi connectivity index (χ4v) is 3.51. The zero-order valence-corrected chi connectivity index (χ0v) is 13.7. The lowest BCUT2D eigenvalue weighted by Gasteiger charge is -2.43.